The molecule has 4 heteroatoms. The van der Waals surface area contributed by atoms with Gasteiger partial charge in [0.05, 0.1) is 7.11 Å². The molecule has 1 aliphatic heterocycles. The van der Waals surface area contributed by atoms with E-state index in [9.17, 15) is 4.79 Å². The van der Waals surface area contributed by atoms with Gasteiger partial charge in [-0.05, 0) is 50.3 Å². The van der Waals surface area contributed by atoms with Crippen LogP contribution >= 0.6 is 0 Å². The predicted molar refractivity (Wildman–Crippen MR) is 89.0 cm³/mol. The number of methoxy groups -OCH3 is 1. The average molecular weight is 304 g/mol. The zero-order valence-electron chi connectivity index (χ0n) is 14.0. The zero-order chi connectivity index (χ0) is 15.9. The molecule has 0 aromatic heterocycles. The molecule has 1 fully saturated rings. The number of carbonyl (C=O) groups excluding carboxylic acids is 1. The zero-order valence-corrected chi connectivity index (χ0v) is 14.0. The number of aryl methyl sites for hydroxylation is 1. The van der Waals surface area contributed by atoms with E-state index in [4.69, 9.17) is 4.74 Å². The SMILES string of the molecule is COc1cc(C)ccc1CN1CCC[C@H](CCNC(C)=O)C1. The van der Waals surface area contributed by atoms with Crippen LogP contribution in [0.2, 0.25) is 0 Å². The average Bonchev–Trinajstić information content (AvgIpc) is 2.49. The second kappa shape index (κ2) is 8.18. The molecule has 1 atom stereocenters. The van der Waals surface area contributed by atoms with Gasteiger partial charge in [-0.1, -0.05) is 12.1 Å². The summed E-state index contributed by atoms with van der Waals surface area (Å²) in [7, 11) is 1.74. The number of hydrogen-bond acceptors (Lipinski definition) is 3. The van der Waals surface area contributed by atoms with Gasteiger partial charge >= 0.3 is 0 Å². The molecule has 0 spiro atoms. The molecule has 122 valence electrons. The summed E-state index contributed by atoms with van der Waals surface area (Å²) in [5.41, 5.74) is 2.49. The molecule has 0 bridgehead atoms. The predicted octanol–water partition coefficient (Wildman–Crippen LogP) is 2.74. The summed E-state index contributed by atoms with van der Waals surface area (Å²) in [4.78, 5) is 13.5. The first-order chi connectivity index (χ1) is 10.6. The monoisotopic (exact) mass is 304 g/mol. The summed E-state index contributed by atoms with van der Waals surface area (Å²) in [6, 6.07) is 6.43. The standard InChI is InChI=1S/C18H28N2O2/c1-14-6-7-17(18(11-14)22-3)13-20-10-4-5-16(12-20)8-9-19-15(2)21/h6-7,11,16H,4-5,8-10,12-13H2,1-3H3,(H,19,21)/t16-/m1/s1. The lowest BCUT2D eigenvalue weighted by Gasteiger charge is -2.33. The van der Waals surface area contributed by atoms with Gasteiger partial charge in [0.15, 0.2) is 0 Å². The highest BCUT2D eigenvalue weighted by molar-refractivity contribution is 5.72. The lowest BCUT2D eigenvalue weighted by Crippen LogP contribution is -2.36. The molecule has 0 aliphatic carbocycles. The van der Waals surface area contributed by atoms with Crippen molar-refractivity contribution in [2.45, 2.75) is 39.7 Å². The number of amides is 1. The van der Waals surface area contributed by atoms with Crippen LogP contribution in [0.1, 0.15) is 37.3 Å². The minimum absolute atomic E-state index is 0.0667. The van der Waals surface area contributed by atoms with Crippen LogP contribution in [0.25, 0.3) is 0 Å². The summed E-state index contributed by atoms with van der Waals surface area (Å²) in [5.74, 6) is 1.73. The van der Waals surface area contributed by atoms with E-state index in [1.165, 1.54) is 24.0 Å². The van der Waals surface area contributed by atoms with E-state index in [0.717, 1.165) is 38.3 Å². The Balaban J connectivity index is 1.88. The number of ether oxygens (including phenoxy) is 1. The molecule has 1 aliphatic rings. The number of hydrogen-bond donors (Lipinski definition) is 1. The Morgan fingerprint density at radius 1 is 1.45 bits per heavy atom. The first-order valence-corrected chi connectivity index (χ1v) is 8.19. The normalized spacial score (nSPS) is 19.0. The Morgan fingerprint density at radius 2 is 2.27 bits per heavy atom. The highest BCUT2D eigenvalue weighted by atomic mass is 16.5. The van der Waals surface area contributed by atoms with Gasteiger partial charge in [0.2, 0.25) is 5.91 Å². The third-order valence-corrected chi connectivity index (χ3v) is 4.37. The fraction of sp³-hybridized carbons (Fsp3) is 0.611. The first-order valence-electron chi connectivity index (χ1n) is 8.19. The fourth-order valence-corrected chi connectivity index (χ4v) is 3.21. The molecule has 0 unspecified atom stereocenters. The number of likely N-dealkylation sites (tertiary alicyclic amines) is 1. The molecule has 2 rings (SSSR count). The lowest BCUT2D eigenvalue weighted by atomic mass is 9.94. The van der Waals surface area contributed by atoms with Crippen LogP contribution in [0.15, 0.2) is 18.2 Å². The number of nitrogens with one attached hydrogen (secondary N) is 1. The van der Waals surface area contributed by atoms with Gasteiger partial charge in [0, 0.05) is 32.1 Å². The van der Waals surface area contributed by atoms with Crippen molar-refractivity contribution in [3.05, 3.63) is 29.3 Å². The van der Waals surface area contributed by atoms with Crippen molar-refractivity contribution in [3.8, 4) is 5.75 Å². The summed E-state index contributed by atoms with van der Waals surface area (Å²) in [6.45, 7) is 7.66. The second-order valence-electron chi connectivity index (χ2n) is 6.33. The van der Waals surface area contributed by atoms with Gasteiger partial charge in [0.25, 0.3) is 0 Å². The van der Waals surface area contributed by atoms with Gasteiger partial charge in [-0.3, -0.25) is 9.69 Å². The largest absolute Gasteiger partial charge is 0.496 e. The van der Waals surface area contributed by atoms with Crippen LogP contribution in [-0.4, -0.2) is 37.6 Å². The Hall–Kier alpha value is -1.55. The third kappa shape index (κ3) is 5.02. The molecular weight excluding hydrogens is 276 g/mol. The van der Waals surface area contributed by atoms with Gasteiger partial charge < -0.3 is 10.1 Å². The van der Waals surface area contributed by atoms with Crippen molar-refractivity contribution < 1.29 is 9.53 Å². The quantitative estimate of drug-likeness (QED) is 0.878. The van der Waals surface area contributed by atoms with Crippen molar-refractivity contribution in [3.63, 3.8) is 0 Å². The van der Waals surface area contributed by atoms with E-state index in [1.54, 1.807) is 14.0 Å². The maximum Gasteiger partial charge on any atom is 0.216 e. The van der Waals surface area contributed by atoms with E-state index in [2.05, 4.69) is 35.3 Å². The van der Waals surface area contributed by atoms with Gasteiger partial charge in [-0.2, -0.15) is 0 Å². The molecule has 1 saturated heterocycles. The van der Waals surface area contributed by atoms with Crippen molar-refractivity contribution in [1.82, 2.24) is 10.2 Å². The topological polar surface area (TPSA) is 41.6 Å². The van der Waals surface area contributed by atoms with Gasteiger partial charge in [-0.25, -0.2) is 0 Å². The summed E-state index contributed by atoms with van der Waals surface area (Å²) in [6.07, 6.45) is 3.57. The molecule has 1 heterocycles. The maximum absolute atomic E-state index is 11.0. The Labute approximate surface area is 133 Å². The Morgan fingerprint density at radius 3 is 3.00 bits per heavy atom. The van der Waals surface area contributed by atoms with Gasteiger partial charge in [-0.15, -0.1) is 0 Å². The summed E-state index contributed by atoms with van der Waals surface area (Å²) < 4.78 is 5.51. The molecule has 0 radical (unpaired) electrons. The van der Waals surface area contributed by atoms with E-state index in [-0.39, 0.29) is 5.91 Å². The second-order valence-corrected chi connectivity index (χ2v) is 6.33. The minimum Gasteiger partial charge on any atom is -0.496 e. The highest BCUT2D eigenvalue weighted by Crippen LogP contribution is 2.25. The third-order valence-electron chi connectivity index (χ3n) is 4.37. The molecule has 1 N–H and O–H groups in total. The van der Waals surface area contributed by atoms with Crippen molar-refractivity contribution in [1.29, 1.82) is 0 Å². The van der Waals surface area contributed by atoms with Crippen LogP contribution in [0.5, 0.6) is 5.75 Å². The lowest BCUT2D eigenvalue weighted by molar-refractivity contribution is -0.119. The fourth-order valence-electron chi connectivity index (χ4n) is 3.21. The highest BCUT2D eigenvalue weighted by Gasteiger charge is 2.20. The molecule has 1 aromatic carbocycles. The molecule has 0 saturated carbocycles. The van der Waals surface area contributed by atoms with Crippen molar-refractivity contribution in [2.75, 3.05) is 26.7 Å². The number of carbonyl (C=O) groups is 1. The number of piperidine rings is 1. The molecular formula is C18H28N2O2. The molecule has 4 nitrogen and oxygen atoms in total. The van der Waals surface area contributed by atoms with Crippen molar-refractivity contribution >= 4 is 5.91 Å². The van der Waals surface area contributed by atoms with Gasteiger partial charge in [0.1, 0.15) is 5.75 Å². The van der Waals surface area contributed by atoms with Crippen LogP contribution < -0.4 is 10.1 Å². The van der Waals surface area contributed by atoms with Crippen molar-refractivity contribution in [2.24, 2.45) is 5.92 Å². The molecule has 1 aromatic rings. The van der Waals surface area contributed by atoms with E-state index in [0.29, 0.717) is 5.92 Å². The summed E-state index contributed by atoms with van der Waals surface area (Å²) >= 11 is 0. The number of rotatable bonds is 6. The number of nitrogens with zero attached hydrogens (tertiary/aromatic N) is 1. The Bertz CT molecular complexity index is 502. The first kappa shape index (κ1) is 16.8. The molecule has 22 heavy (non-hydrogen) atoms. The minimum atomic E-state index is 0.0667. The number of benzene rings is 1. The van der Waals surface area contributed by atoms with Crippen LogP contribution in [0.4, 0.5) is 0 Å². The van der Waals surface area contributed by atoms with Crippen LogP contribution in [0, 0.1) is 12.8 Å². The van der Waals surface area contributed by atoms with E-state index in [1.807, 2.05) is 0 Å². The summed E-state index contributed by atoms with van der Waals surface area (Å²) in [5, 5.41) is 2.90. The Kier molecular flexibility index (Phi) is 6.25. The van der Waals surface area contributed by atoms with E-state index < -0.39 is 0 Å². The van der Waals surface area contributed by atoms with Crippen LogP contribution in [-0.2, 0) is 11.3 Å². The van der Waals surface area contributed by atoms with Crippen LogP contribution in [0.3, 0.4) is 0 Å². The molecule has 1 amide bonds. The van der Waals surface area contributed by atoms with E-state index >= 15 is 0 Å². The maximum atomic E-state index is 11.0. The smallest absolute Gasteiger partial charge is 0.216 e.